The molecule has 2 saturated heterocycles. The van der Waals surface area contributed by atoms with Crippen LogP contribution in [0.3, 0.4) is 0 Å². The first-order valence-electron chi connectivity index (χ1n) is 8.30. The van der Waals surface area contributed by atoms with E-state index in [4.69, 9.17) is 4.74 Å². The van der Waals surface area contributed by atoms with Crippen LogP contribution >= 0.6 is 0 Å². The number of nitrogens with zero attached hydrogens (tertiary/aromatic N) is 1. The van der Waals surface area contributed by atoms with Gasteiger partial charge >= 0.3 is 5.97 Å². The van der Waals surface area contributed by atoms with E-state index in [2.05, 4.69) is 5.32 Å². The lowest BCUT2D eigenvalue weighted by molar-refractivity contribution is -0.154. The van der Waals surface area contributed by atoms with E-state index in [1.54, 1.807) is 12.1 Å². The fraction of sp³-hybridized carbons (Fsp3) is 0.500. The van der Waals surface area contributed by atoms with Crippen LogP contribution in [0.4, 0.5) is 4.39 Å². The van der Waals surface area contributed by atoms with E-state index in [9.17, 15) is 18.8 Å². The van der Waals surface area contributed by atoms with Crippen LogP contribution in [0.2, 0.25) is 0 Å². The van der Waals surface area contributed by atoms with Crippen LogP contribution in [-0.4, -0.2) is 42.4 Å². The third kappa shape index (κ3) is 2.45. The number of imide groups is 1. The molecule has 0 radical (unpaired) electrons. The highest BCUT2D eigenvalue weighted by Gasteiger charge is 2.67. The van der Waals surface area contributed by atoms with E-state index >= 15 is 0 Å². The number of hydrogen-bond acceptors (Lipinski definition) is 5. The van der Waals surface area contributed by atoms with E-state index in [1.807, 2.05) is 6.92 Å². The number of rotatable bonds is 4. The van der Waals surface area contributed by atoms with Gasteiger partial charge < -0.3 is 4.74 Å². The van der Waals surface area contributed by atoms with Crippen molar-refractivity contribution < 1.29 is 23.5 Å². The maximum atomic E-state index is 13.3. The largest absolute Gasteiger partial charge is 0.468 e. The molecule has 7 heteroatoms. The first kappa shape index (κ1) is 17.5. The molecule has 0 spiro atoms. The van der Waals surface area contributed by atoms with Gasteiger partial charge in [-0.1, -0.05) is 25.5 Å². The molecule has 134 valence electrons. The zero-order valence-electron chi connectivity index (χ0n) is 14.4. The molecule has 0 aromatic heterocycles. The zero-order valence-corrected chi connectivity index (χ0v) is 14.4. The van der Waals surface area contributed by atoms with Gasteiger partial charge in [0.1, 0.15) is 11.4 Å². The summed E-state index contributed by atoms with van der Waals surface area (Å²) < 4.78 is 18.3. The highest BCUT2D eigenvalue weighted by molar-refractivity contribution is 6.09. The average molecular weight is 348 g/mol. The number of esters is 1. The van der Waals surface area contributed by atoms with Crippen LogP contribution < -0.4 is 5.32 Å². The van der Waals surface area contributed by atoms with Crippen molar-refractivity contribution in [3.8, 4) is 0 Å². The number of nitrogens with one attached hydrogen (secondary N) is 1. The lowest BCUT2D eigenvalue weighted by Gasteiger charge is -2.31. The lowest BCUT2D eigenvalue weighted by atomic mass is 9.77. The smallest absolute Gasteiger partial charge is 0.326 e. The predicted molar refractivity (Wildman–Crippen MR) is 86.7 cm³/mol. The third-order valence-corrected chi connectivity index (χ3v) is 5.30. The first-order chi connectivity index (χ1) is 11.9. The Balaban J connectivity index is 2.13. The zero-order chi connectivity index (χ0) is 18.4. The summed E-state index contributed by atoms with van der Waals surface area (Å²) in [6.45, 7) is 1.90. The van der Waals surface area contributed by atoms with Crippen molar-refractivity contribution in [3.63, 3.8) is 0 Å². The van der Waals surface area contributed by atoms with Gasteiger partial charge in [0, 0.05) is 13.1 Å². The van der Waals surface area contributed by atoms with E-state index in [0.29, 0.717) is 18.4 Å². The number of methoxy groups -OCH3 is 1. The fourth-order valence-corrected chi connectivity index (χ4v) is 4.20. The minimum atomic E-state index is -1.26. The number of benzene rings is 1. The van der Waals surface area contributed by atoms with Gasteiger partial charge in [0.25, 0.3) is 0 Å². The van der Waals surface area contributed by atoms with Crippen LogP contribution in [-0.2, 0) is 19.1 Å². The summed E-state index contributed by atoms with van der Waals surface area (Å²) in [5.74, 6) is -3.20. The van der Waals surface area contributed by atoms with Gasteiger partial charge in [-0.3, -0.25) is 24.6 Å². The summed E-state index contributed by atoms with van der Waals surface area (Å²) in [5, 5.41) is 3.21. The molecule has 2 fully saturated rings. The minimum Gasteiger partial charge on any atom is -0.468 e. The SMILES string of the molecule is CCC[C@]1(C(=O)OC)N[C@@H](c2ccc(F)cc2)[C@H]2C(=O)N(C)C(=O)[C@H]21. The second-order valence-corrected chi connectivity index (χ2v) is 6.63. The van der Waals surface area contributed by atoms with Crippen molar-refractivity contribution in [2.75, 3.05) is 14.2 Å². The average Bonchev–Trinajstić information content (AvgIpc) is 3.06. The molecule has 2 heterocycles. The standard InChI is InChI=1S/C18H21FN2O4/c1-4-9-18(17(24)25-3)13-12(15(22)21(2)16(13)23)14(20-18)10-5-7-11(19)8-6-10/h5-8,12-14,20H,4,9H2,1-3H3/t12-,13-,14-,18-/m0/s1. The molecule has 0 unspecified atom stereocenters. The highest BCUT2D eigenvalue weighted by Crippen LogP contribution is 2.50. The van der Waals surface area contributed by atoms with E-state index in [1.165, 1.54) is 26.3 Å². The monoisotopic (exact) mass is 348 g/mol. The van der Waals surface area contributed by atoms with E-state index in [-0.39, 0.29) is 11.8 Å². The van der Waals surface area contributed by atoms with Gasteiger partial charge in [-0.15, -0.1) is 0 Å². The number of likely N-dealkylation sites (tertiary alicyclic amines) is 1. The Morgan fingerprint density at radius 1 is 1.28 bits per heavy atom. The molecular weight excluding hydrogens is 327 g/mol. The number of halogens is 1. The Bertz CT molecular complexity index is 720. The quantitative estimate of drug-likeness (QED) is 0.658. The van der Waals surface area contributed by atoms with Gasteiger partial charge in [-0.05, 0) is 24.1 Å². The number of fused-ring (bicyclic) bond motifs is 1. The first-order valence-corrected chi connectivity index (χ1v) is 8.30. The third-order valence-electron chi connectivity index (χ3n) is 5.30. The van der Waals surface area contributed by atoms with Gasteiger partial charge in [-0.2, -0.15) is 0 Å². The Hall–Kier alpha value is -2.28. The normalized spacial score (nSPS) is 31.4. The maximum Gasteiger partial charge on any atom is 0.326 e. The van der Waals surface area contributed by atoms with Crippen LogP contribution in [0.25, 0.3) is 0 Å². The van der Waals surface area contributed by atoms with Gasteiger partial charge in [0.2, 0.25) is 11.8 Å². The fourth-order valence-electron chi connectivity index (χ4n) is 4.20. The summed E-state index contributed by atoms with van der Waals surface area (Å²) in [5.41, 5.74) is -0.597. The van der Waals surface area contributed by atoms with Crippen LogP contribution in [0.15, 0.2) is 24.3 Å². The van der Waals surface area contributed by atoms with Crippen molar-refractivity contribution in [2.45, 2.75) is 31.3 Å². The number of hydrogen-bond donors (Lipinski definition) is 1. The summed E-state index contributed by atoms with van der Waals surface area (Å²) in [6.07, 6.45) is 0.998. The van der Waals surface area contributed by atoms with Crippen LogP contribution in [0.5, 0.6) is 0 Å². The molecule has 2 amide bonds. The van der Waals surface area contributed by atoms with E-state index in [0.717, 1.165) is 4.90 Å². The number of carbonyl (C=O) groups is 3. The minimum absolute atomic E-state index is 0.335. The summed E-state index contributed by atoms with van der Waals surface area (Å²) in [4.78, 5) is 39.1. The lowest BCUT2D eigenvalue weighted by Crippen LogP contribution is -2.56. The van der Waals surface area contributed by atoms with Crippen LogP contribution in [0, 0.1) is 17.7 Å². The van der Waals surface area contributed by atoms with Gasteiger partial charge in [0.15, 0.2) is 0 Å². The van der Waals surface area contributed by atoms with Crippen molar-refractivity contribution in [3.05, 3.63) is 35.6 Å². The number of carbonyl (C=O) groups excluding carboxylic acids is 3. The van der Waals surface area contributed by atoms with E-state index < -0.39 is 35.2 Å². The van der Waals surface area contributed by atoms with Crippen LogP contribution in [0.1, 0.15) is 31.4 Å². The summed E-state index contributed by atoms with van der Waals surface area (Å²) in [6, 6.07) is 5.18. The molecular formula is C18H21FN2O4. The number of amides is 2. The second-order valence-electron chi connectivity index (χ2n) is 6.63. The molecule has 1 N–H and O–H groups in total. The molecule has 1 aromatic rings. The Morgan fingerprint density at radius 3 is 2.48 bits per heavy atom. The molecule has 0 aliphatic carbocycles. The maximum absolute atomic E-state index is 13.3. The number of ether oxygens (including phenoxy) is 1. The Labute approximate surface area is 145 Å². The molecule has 2 aliphatic heterocycles. The molecule has 25 heavy (non-hydrogen) atoms. The summed E-state index contributed by atoms with van der Waals surface area (Å²) >= 11 is 0. The molecule has 4 atom stereocenters. The second kappa shape index (κ2) is 6.22. The van der Waals surface area contributed by atoms with Gasteiger partial charge in [-0.25, -0.2) is 4.39 Å². The predicted octanol–water partition coefficient (Wildman–Crippen LogP) is 1.41. The summed E-state index contributed by atoms with van der Waals surface area (Å²) in [7, 11) is 2.70. The topological polar surface area (TPSA) is 75.7 Å². The Morgan fingerprint density at radius 2 is 1.92 bits per heavy atom. The molecule has 0 bridgehead atoms. The molecule has 6 nitrogen and oxygen atoms in total. The van der Waals surface area contributed by atoms with Crippen molar-refractivity contribution in [2.24, 2.45) is 11.8 Å². The molecule has 2 aliphatic rings. The molecule has 0 saturated carbocycles. The van der Waals surface area contributed by atoms with Crippen molar-refractivity contribution in [1.29, 1.82) is 0 Å². The highest BCUT2D eigenvalue weighted by atomic mass is 19.1. The molecule has 1 aromatic carbocycles. The van der Waals surface area contributed by atoms with Crippen molar-refractivity contribution >= 4 is 17.8 Å². The van der Waals surface area contributed by atoms with Crippen molar-refractivity contribution in [1.82, 2.24) is 10.2 Å². The van der Waals surface area contributed by atoms with Gasteiger partial charge in [0.05, 0.1) is 18.9 Å². The molecule has 3 rings (SSSR count). The Kier molecular flexibility index (Phi) is 4.36.